The molecule has 1 aromatic rings. The third-order valence-corrected chi connectivity index (χ3v) is 4.95. The predicted octanol–water partition coefficient (Wildman–Crippen LogP) is 3.31. The number of rotatable bonds is 6. The van der Waals surface area contributed by atoms with Crippen LogP contribution in [0.4, 0.5) is 11.5 Å². The van der Waals surface area contributed by atoms with Gasteiger partial charge < -0.3 is 11.1 Å². The van der Waals surface area contributed by atoms with E-state index in [4.69, 9.17) is 5.73 Å². The first-order valence-electron chi connectivity index (χ1n) is 6.09. The molecule has 3 nitrogen and oxygen atoms in total. The highest BCUT2D eigenvalue weighted by Crippen LogP contribution is 2.31. The van der Waals surface area contributed by atoms with Crippen LogP contribution in [-0.4, -0.2) is 22.5 Å². The molecular weight excluding hydrogens is 230 g/mol. The van der Waals surface area contributed by atoms with E-state index in [-0.39, 0.29) is 4.75 Å². The molecular formula is C13H23N3S. The third kappa shape index (κ3) is 3.53. The van der Waals surface area contributed by atoms with Crippen LogP contribution in [0.15, 0.2) is 12.1 Å². The Morgan fingerprint density at radius 3 is 2.53 bits per heavy atom. The van der Waals surface area contributed by atoms with Gasteiger partial charge in [0.05, 0.1) is 5.69 Å². The van der Waals surface area contributed by atoms with E-state index in [1.165, 1.54) is 0 Å². The summed E-state index contributed by atoms with van der Waals surface area (Å²) in [6.07, 6.45) is 4.45. The molecule has 1 heterocycles. The molecule has 0 amide bonds. The maximum atomic E-state index is 5.91. The fourth-order valence-electron chi connectivity index (χ4n) is 1.81. The van der Waals surface area contributed by atoms with Crippen molar-refractivity contribution in [2.75, 3.05) is 23.9 Å². The molecule has 4 heteroatoms. The van der Waals surface area contributed by atoms with Crippen LogP contribution in [0.2, 0.25) is 0 Å². The van der Waals surface area contributed by atoms with Crippen LogP contribution in [0, 0.1) is 6.92 Å². The lowest BCUT2D eigenvalue weighted by Crippen LogP contribution is -2.32. The fraction of sp³-hybridized carbons (Fsp3) is 0.615. The summed E-state index contributed by atoms with van der Waals surface area (Å²) >= 11 is 1.92. The number of aromatic nitrogens is 1. The molecule has 0 aliphatic heterocycles. The van der Waals surface area contributed by atoms with Crippen molar-refractivity contribution in [1.29, 1.82) is 0 Å². The number of nitrogens with two attached hydrogens (primary N) is 1. The lowest BCUT2D eigenvalue weighted by Gasteiger charge is -2.30. The van der Waals surface area contributed by atoms with Crippen LogP contribution < -0.4 is 11.1 Å². The van der Waals surface area contributed by atoms with E-state index < -0.39 is 0 Å². The summed E-state index contributed by atoms with van der Waals surface area (Å²) in [5, 5.41) is 3.39. The molecule has 0 radical (unpaired) electrons. The van der Waals surface area contributed by atoms with Gasteiger partial charge in [0.1, 0.15) is 5.82 Å². The monoisotopic (exact) mass is 253 g/mol. The highest BCUT2D eigenvalue weighted by atomic mass is 32.2. The molecule has 1 aromatic heterocycles. The van der Waals surface area contributed by atoms with Gasteiger partial charge in [-0.3, -0.25) is 0 Å². The molecule has 0 unspecified atom stereocenters. The van der Waals surface area contributed by atoms with Crippen molar-refractivity contribution in [1.82, 2.24) is 4.98 Å². The smallest absolute Gasteiger partial charge is 0.149 e. The third-order valence-electron chi connectivity index (χ3n) is 3.37. The molecule has 96 valence electrons. The minimum absolute atomic E-state index is 0.276. The minimum atomic E-state index is 0.276. The van der Waals surface area contributed by atoms with Crippen molar-refractivity contribution < 1.29 is 0 Å². The normalized spacial score (nSPS) is 11.5. The van der Waals surface area contributed by atoms with Gasteiger partial charge >= 0.3 is 0 Å². The lowest BCUT2D eigenvalue weighted by atomic mass is 10.0. The quantitative estimate of drug-likeness (QED) is 0.816. The highest BCUT2D eigenvalue weighted by Gasteiger charge is 2.24. The Balaban J connectivity index is 2.75. The topological polar surface area (TPSA) is 50.9 Å². The van der Waals surface area contributed by atoms with E-state index in [9.17, 15) is 0 Å². The Labute approximate surface area is 109 Å². The number of aryl methyl sites for hydroxylation is 1. The molecule has 0 fully saturated rings. The van der Waals surface area contributed by atoms with Crippen molar-refractivity contribution in [3.63, 3.8) is 0 Å². The minimum Gasteiger partial charge on any atom is -0.396 e. The highest BCUT2D eigenvalue weighted by molar-refractivity contribution is 8.00. The number of pyridine rings is 1. The fourth-order valence-corrected chi connectivity index (χ4v) is 2.61. The van der Waals surface area contributed by atoms with Crippen molar-refractivity contribution in [3.05, 3.63) is 17.8 Å². The van der Waals surface area contributed by atoms with Gasteiger partial charge in [-0.15, -0.1) is 0 Å². The van der Waals surface area contributed by atoms with Crippen LogP contribution in [0.3, 0.4) is 0 Å². The summed E-state index contributed by atoms with van der Waals surface area (Å²) < 4.78 is 0.276. The number of thioether (sulfide) groups is 1. The number of nitrogens with one attached hydrogen (secondary N) is 1. The summed E-state index contributed by atoms with van der Waals surface area (Å²) in [6, 6.07) is 3.84. The van der Waals surface area contributed by atoms with Gasteiger partial charge in [0.15, 0.2) is 0 Å². The zero-order valence-electron chi connectivity index (χ0n) is 11.2. The zero-order chi connectivity index (χ0) is 12.9. The van der Waals surface area contributed by atoms with E-state index in [2.05, 4.69) is 30.4 Å². The molecule has 0 aromatic carbocycles. The first kappa shape index (κ1) is 14.2. The standard InChI is InChI=1S/C13H23N3S/c1-5-13(6-2,17-4)9-15-12-11(14)8-7-10(3)16-12/h7-8H,5-6,9,14H2,1-4H3,(H,15,16). The van der Waals surface area contributed by atoms with Gasteiger partial charge in [-0.2, -0.15) is 11.8 Å². The zero-order valence-corrected chi connectivity index (χ0v) is 12.0. The van der Waals surface area contributed by atoms with Crippen LogP contribution >= 0.6 is 11.8 Å². The molecule has 0 spiro atoms. The van der Waals surface area contributed by atoms with Gasteiger partial charge in [-0.25, -0.2) is 4.98 Å². The molecule has 3 N–H and O–H groups in total. The van der Waals surface area contributed by atoms with Gasteiger partial charge in [-0.05, 0) is 38.2 Å². The second-order valence-electron chi connectivity index (χ2n) is 4.34. The Hall–Kier alpha value is -0.900. The molecule has 0 aliphatic rings. The van der Waals surface area contributed by atoms with Gasteiger partial charge in [0.2, 0.25) is 0 Å². The van der Waals surface area contributed by atoms with E-state index in [1.54, 1.807) is 0 Å². The van der Waals surface area contributed by atoms with Crippen molar-refractivity contribution in [2.45, 2.75) is 38.4 Å². The van der Waals surface area contributed by atoms with Crippen LogP contribution in [0.1, 0.15) is 32.4 Å². The van der Waals surface area contributed by atoms with Crippen molar-refractivity contribution in [2.24, 2.45) is 0 Å². The van der Waals surface area contributed by atoms with Gasteiger partial charge in [0, 0.05) is 17.0 Å². The summed E-state index contributed by atoms with van der Waals surface area (Å²) in [5.74, 6) is 0.810. The molecule has 0 saturated carbocycles. The molecule has 0 aliphatic carbocycles. The summed E-state index contributed by atoms with van der Waals surface area (Å²) in [5.41, 5.74) is 7.62. The Morgan fingerprint density at radius 2 is 2.00 bits per heavy atom. The largest absolute Gasteiger partial charge is 0.396 e. The first-order valence-corrected chi connectivity index (χ1v) is 7.31. The van der Waals surface area contributed by atoms with Gasteiger partial charge in [0.25, 0.3) is 0 Å². The summed E-state index contributed by atoms with van der Waals surface area (Å²) in [4.78, 5) is 4.43. The van der Waals surface area contributed by atoms with Crippen LogP contribution in [-0.2, 0) is 0 Å². The first-order chi connectivity index (χ1) is 8.06. The summed E-state index contributed by atoms with van der Waals surface area (Å²) in [6.45, 7) is 7.34. The summed E-state index contributed by atoms with van der Waals surface area (Å²) in [7, 11) is 0. The predicted molar refractivity (Wildman–Crippen MR) is 78.7 cm³/mol. The van der Waals surface area contributed by atoms with Crippen LogP contribution in [0.25, 0.3) is 0 Å². The Bertz CT molecular complexity index is 353. The Morgan fingerprint density at radius 1 is 1.35 bits per heavy atom. The second-order valence-corrected chi connectivity index (χ2v) is 5.61. The van der Waals surface area contributed by atoms with E-state index in [0.29, 0.717) is 0 Å². The number of nitrogens with zero attached hydrogens (tertiary/aromatic N) is 1. The Kier molecular flexibility index (Phi) is 5.12. The number of anilines is 2. The van der Waals surface area contributed by atoms with E-state index in [0.717, 1.165) is 36.6 Å². The number of hydrogen-bond donors (Lipinski definition) is 2. The lowest BCUT2D eigenvalue weighted by molar-refractivity contribution is 0.574. The van der Waals surface area contributed by atoms with E-state index >= 15 is 0 Å². The number of nitrogen functional groups attached to an aromatic ring is 1. The van der Waals surface area contributed by atoms with E-state index in [1.807, 2.05) is 30.8 Å². The molecule has 0 saturated heterocycles. The molecule has 1 rings (SSSR count). The van der Waals surface area contributed by atoms with Crippen molar-refractivity contribution >= 4 is 23.3 Å². The molecule has 17 heavy (non-hydrogen) atoms. The average molecular weight is 253 g/mol. The SMILES string of the molecule is CCC(CC)(CNc1nc(C)ccc1N)SC. The second kappa shape index (κ2) is 6.15. The van der Waals surface area contributed by atoms with Gasteiger partial charge in [-0.1, -0.05) is 13.8 Å². The maximum Gasteiger partial charge on any atom is 0.149 e. The molecule has 0 atom stereocenters. The molecule has 0 bridgehead atoms. The maximum absolute atomic E-state index is 5.91. The number of hydrogen-bond acceptors (Lipinski definition) is 4. The van der Waals surface area contributed by atoms with Crippen molar-refractivity contribution in [3.8, 4) is 0 Å². The van der Waals surface area contributed by atoms with Crippen LogP contribution in [0.5, 0.6) is 0 Å². The average Bonchev–Trinajstić information content (AvgIpc) is 2.35.